The van der Waals surface area contributed by atoms with Crippen LogP contribution in [0.2, 0.25) is 0 Å². The molecule has 0 atom stereocenters. The molecule has 0 radical (unpaired) electrons. The number of hydrogen-bond donors (Lipinski definition) is 2. The maximum Gasteiger partial charge on any atom is 0.191 e. The molecule has 158 valence electrons. The van der Waals surface area contributed by atoms with Gasteiger partial charge in [0.15, 0.2) is 5.96 Å². The molecule has 0 fully saturated rings. The molecule has 0 saturated heterocycles. The molecule has 0 aliphatic carbocycles. The van der Waals surface area contributed by atoms with E-state index in [4.69, 9.17) is 0 Å². The first kappa shape index (κ1) is 21.8. The summed E-state index contributed by atoms with van der Waals surface area (Å²) < 4.78 is 28.3. The van der Waals surface area contributed by atoms with Crippen LogP contribution in [0.5, 0.6) is 0 Å². The van der Waals surface area contributed by atoms with Crippen LogP contribution in [0.4, 0.5) is 8.78 Å². The third-order valence-corrected chi connectivity index (χ3v) is 5.15. The lowest BCUT2D eigenvalue weighted by Crippen LogP contribution is -2.38. The summed E-state index contributed by atoms with van der Waals surface area (Å²) in [4.78, 5) is 4.24. The highest BCUT2D eigenvalue weighted by atomic mass is 32.2. The van der Waals surface area contributed by atoms with E-state index in [1.807, 2.05) is 24.6 Å². The van der Waals surface area contributed by atoms with Crippen molar-refractivity contribution in [3.8, 4) is 5.69 Å². The molecular formula is C22H25F2N5S. The highest BCUT2D eigenvalue weighted by Gasteiger charge is 2.06. The van der Waals surface area contributed by atoms with E-state index in [0.29, 0.717) is 25.5 Å². The summed E-state index contributed by atoms with van der Waals surface area (Å²) in [5.74, 6) is 0.950. The second-order valence-electron chi connectivity index (χ2n) is 6.68. The molecule has 5 nitrogen and oxygen atoms in total. The van der Waals surface area contributed by atoms with Gasteiger partial charge >= 0.3 is 0 Å². The first-order valence-electron chi connectivity index (χ1n) is 9.60. The molecule has 0 unspecified atom stereocenters. The molecule has 2 N–H and O–H groups in total. The molecular weight excluding hydrogens is 404 g/mol. The SMILES string of the molecule is CN=C(NCCc1ccn(-c2ccc(F)cc2)n1)NCc1ccc(F)cc1CSC. The topological polar surface area (TPSA) is 54.2 Å². The summed E-state index contributed by atoms with van der Waals surface area (Å²) in [6, 6.07) is 13.0. The van der Waals surface area contributed by atoms with Gasteiger partial charge < -0.3 is 10.6 Å². The Bertz CT molecular complexity index is 985. The minimum atomic E-state index is -0.268. The van der Waals surface area contributed by atoms with Crippen LogP contribution in [0.15, 0.2) is 59.7 Å². The third-order valence-electron chi connectivity index (χ3n) is 4.55. The van der Waals surface area contributed by atoms with Gasteiger partial charge in [-0.25, -0.2) is 13.5 Å². The minimum absolute atomic E-state index is 0.217. The van der Waals surface area contributed by atoms with Gasteiger partial charge in [-0.05, 0) is 59.8 Å². The number of aliphatic imine (C=N–C) groups is 1. The lowest BCUT2D eigenvalue weighted by atomic mass is 10.1. The maximum absolute atomic E-state index is 13.5. The van der Waals surface area contributed by atoms with Crippen molar-refractivity contribution >= 4 is 17.7 Å². The Balaban J connectivity index is 1.50. The molecule has 3 rings (SSSR count). The van der Waals surface area contributed by atoms with Gasteiger partial charge in [0.25, 0.3) is 0 Å². The van der Waals surface area contributed by atoms with Gasteiger partial charge in [0.2, 0.25) is 0 Å². The average Bonchev–Trinajstić information content (AvgIpc) is 3.21. The summed E-state index contributed by atoms with van der Waals surface area (Å²) >= 11 is 1.66. The molecule has 3 aromatic rings. The Kier molecular flexibility index (Phi) is 7.84. The van der Waals surface area contributed by atoms with Gasteiger partial charge in [0.05, 0.1) is 11.4 Å². The van der Waals surface area contributed by atoms with Gasteiger partial charge in [-0.2, -0.15) is 16.9 Å². The largest absolute Gasteiger partial charge is 0.356 e. The van der Waals surface area contributed by atoms with Crippen LogP contribution in [0, 0.1) is 11.6 Å². The standard InChI is InChI=1S/C22H25F2N5S/c1-25-22(27-14-16-3-4-19(24)13-17(16)15-30-2)26-11-9-20-10-12-29(28-20)21-7-5-18(23)6-8-21/h3-8,10,12-13H,9,11,14-15H2,1-2H3,(H2,25,26,27). The summed E-state index contributed by atoms with van der Waals surface area (Å²) in [5.41, 5.74) is 3.76. The van der Waals surface area contributed by atoms with Crippen molar-refractivity contribution in [3.05, 3.63) is 83.2 Å². The monoisotopic (exact) mass is 429 g/mol. The Labute approximate surface area is 179 Å². The van der Waals surface area contributed by atoms with Gasteiger partial charge in [-0.1, -0.05) is 6.07 Å². The fraction of sp³-hybridized carbons (Fsp3) is 0.273. The molecule has 0 aliphatic heterocycles. The Hall–Kier alpha value is -2.87. The van der Waals surface area contributed by atoms with E-state index in [1.54, 1.807) is 41.7 Å². The van der Waals surface area contributed by atoms with Gasteiger partial charge in [0, 0.05) is 38.5 Å². The predicted molar refractivity (Wildman–Crippen MR) is 119 cm³/mol. The number of hydrogen-bond acceptors (Lipinski definition) is 3. The highest BCUT2D eigenvalue weighted by Crippen LogP contribution is 2.16. The van der Waals surface area contributed by atoms with E-state index in [2.05, 4.69) is 20.7 Å². The fourth-order valence-corrected chi connectivity index (χ4v) is 3.58. The van der Waals surface area contributed by atoms with Crippen LogP contribution in [0.25, 0.3) is 5.69 Å². The number of aromatic nitrogens is 2. The Morgan fingerprint density at radius 1 is 1.03 bits per heavy atom. The van der Waals surface area contributed by atoms with E-state index in [1.165, 1.54) is 18.2 Å². The van der Waals surface area contributed by atoms with E-state index in [9.17, 15) is 8.78 Å². The van der Waals surface area contributed by atoms with Crippen LogP contribution < -0.4 is 10.6 Å². The van der Waals surface area contributed by atoms with Crippen molar-refractivity contribution in [2.24, 2.45) is 4.99 Å². The van der Waals surface area contributed by atoms with Crippen LogP contribution in [0.3, 0.4) is 0 Å². The normalized spacial score (nSPS) is 11.5. The van der Waals surface area contributed by atoms with Crippen LogP contribution >= 0.6 is 11.8 Å². The Morgan fingerprint density at radius 3 is 2.53 bits per heavy atom. The molecule has 30 heavy (non-hydrogen) atoms. The second kappa shape index (κ2) is 10.8. The molecule has 8 heteroatoms. The first-order chi connectivity index (χ1) is 14.6. The number of nitrogens with zero attached hydrogens (tertiary/aromatic N) is 3. The number of benzene rings is 2. The average molecular weight is 430 g/mol. The van der Waals surface area contributed by atoms with E-state index >= 15 is 0 Å². The smallest absolute Gasteiger partial charge is 0.191 e. The van der Waals surface area contributed by atoms with Crippen LogP contribution in [-0.4, -0.2) is 35.6 Å². The molecule has 1 heterocycles. The maximum atomic E-state index is 13.5. The zero-order chi connectivity index (χ0) is 21.3. The molecule has 0 spiro atoms. The van der Waals surface area contributed by atoms with E-state index < -0.39 is 0 Å². The molecule has 0 amide bonds. The van der Waals surface area contributed by atoms with Crippen molar-refractivity contribution in [2.75, 3.05) is 19.8 Å². The number of halogens is 2. The van der Waals surface area contributed by atoms with Gasteiger partial charge in [-0.3, -0.25) is 4.99 Å². The van der Waals surface area contributed by atoms with Crippen molar-refractivity contribution in [3.63, 3.8) is 0 Å². The summed E-state index contributed by atoms with van der Waals surface area (Å²) in [5, 5.41) is 11.1. The van der Waals surface area contributed by atoms with E-state index in [-0.39, 0.29) is 11.6 Å². The summed E-state index contributed by atoms with van der Waals surface area (Å²) in [7, 11) is 1.71. The lowest BCUT2D eigenvalue weighted by Gasteiger charge is -2.14. The minimum Gasteiger partial charge on any atom is -0.356 e. The molecule has 0 bridgehead atoms. The summed E-state index contributed by atoms with van der Waals surface area (Å²) in [6.45, 7) is 1.22. The molecule has 2 aromatic carbocycles. The van der Waals surface area contributed by atoms with Crippen LogP contribution in [0.1, 0.15) is 16.8 Å². The van der Waals surface area contributed by atoms with Crippen molar-refractivity contribution in [2.45, 2.75) is 18.7 Å². The fourth-order valence-electron chi connectivity index (χ4n) is 3.00. The number of thioether (sulfide) groups is 1. The molecule has 1 aromatic heterocycles. The van der Waals surface area contributed by atoms with Crippen molar-refractivity contribution in [1.29, 1.82) is 0 Å². The molecule has 0 saturated carbocycles. The van der Waals surface area contributed by atoms with Gasteiger partial charge in [-0.15, -0.1) is 0 Å². The zero-order valence-corrected chi connectivity index (χ0v) is 17.8. The van der Waals surface area contributed by atoms with Gasteiger partial charge in [0.1, 0.15) is 11.6 Å². The number of guanidine groups is 1. The van der Waals surface area contributed by atoms with Crippen molar-refractivity contribution in [1.82, 2.24) is 20.4 Å². The second-order valence-corrected chi connectivity index (χ2v) is 7.54. The van der Waals surface area contributed by atoms with Crippen molar-refractivity contribution < 1.29 is 8.78 Å². The lowest BCUT2D eigenvalue weighted by molar-refractivity contribution is 0.625. The highest BCUT2D eigenvalue weighted by molar-refractivity contribution is 7.97. The van der Waals surface area contributed by atoms with Crippen LogP contribution in [-0.2, 0) is 18.7 Å². The van der Waals surface area contributed by atoms with E-state index in [0.717, 1.165) is 28.3 Å². The quantitative estimate of drug-likeness (QED) is 0.421. The number of rotatable bonds is 8. The first-order valence-corrected chi connectivity index (χ1v) is 11.0. The predicted octanol–water partition coefficient (Wildman–Crippen LogP) is 3.92. The Morgan fingerprint density at radius 2 is 1.80 bits per heavy atom. The zero-order valence-electron chi connectivity index (χ0n) is 17.0. The summed E-state index contributed by atoms with van der Waals surface area (Å²) in [6.07, 6.45) is 4.57. The molecule has 0 aliphatic rings. The number of nitrogens with one attached hydrogen (secondary N) is 2. The third kappa shape index (κ3) is 6.06.